The monoisotopic (exact) mass is 451 g/mol. The van der Waals surface area contributed by atoms with Gasteiger partial charge in [-0.05, 0) is 66.7 Å². The minimum Gasteiger partial charge on any atom is -0.480 e. The van der Waals surface area contributed by atoms with E-state index in [9.17, 15) is 19.5 Å². The largest absolute Gasteiger partial charge is 0.480 e. The Balaban J connectivity index is 4.40. The number of carboxylic acids is 1. The Morgan fingerprint density at radius 3 is 2.03 bits per heavy atom. The number of hydrogen-bond donors (Lipinski definition) is 2. The van der Waals surface area contributed by atoms with Crippen LogP contribution in [0.3, 0.4) is 0 Å². The quantitative estimate of drug-likeness (QED) is 0.232. The van der Waals surface area contributed by atoms with Gasteiger partial charge in [-0.2, -0.15) is 11.8 Å². The van der Waals surface area contributed by atoms with Gasteiger partial charge in [0, 0.05) is 23.8 Å². The summed E-state index contributed by atoms with van der Waals surface area (Å²) in [6.07, 6.45) is 11.5. The predicted molar refractivity (Wildman–Crippen MR) is 131 cm³/mol. The second-order valence-electron chi connectivity index (χ2n) is 8.41. The van der Waals surface area contributed by atoms with Crippen molar-refractivity contribution in [2.75, 3.05) is 11.5 Å². The third kappa shape index (κ3) is 15.6. The van der Waals surface area contributed by atoms with E-state index in [2.05, 4.69) is 51.2 Å². The van der Waals surface area contributed by atoms with Gasteiger partial charge in [-0.15, -0.1) is 0 Å². The van der Waals surface area contributed by atoms with E-state index in [4.69, 9.17) is 0 Å². The number of nitrogens with one attached hydrogen (secondary N) is 1. The summed E-state index contributed by atoms with van der Waals surface area (Å²) < 4.78 is 0. The number of aliphatic carboxylic acids is 1. The number of allylic oxidation sites excluding steroid dienone is 5. The number of carbonyl (C=O) groups is 3. The van der Waals surface area contributed by atoms with Crippen molar-refractivity contribution in [3.05, 3.63) is 34.9 Å². The number of hydrogen-bond acceptors (Lipinski definition) is 4. The van der Waals surface area contributed by atoms with Gasteiger partial charge in [0.2, 0.25) is 5.91 Å². The molecule has 1 amide bonds. The van der Waals surface area contributed by atoms with Gasteiger partial charge in [-0.1, -0.05) is 41.9 Å². The molecule has 176 valence electrons. The summed E-state index contributed by atoms with van der Waals surface area (Å²) in [5, 5.41) is 12.0. The lowest BCUT2D eigenvalue weighted by Crippen LogP contribution is -2.45. The van der Waals surface area contributed by atoms with Crippen LogP contribution in [0.2, 0.25) is 0 Å². The third-order valence-electron chi connectivity index (χ3n) is 4.97. The van der Waals surface area contributed by atoms with Crippen LogP contribution in [0.25, 0.3) is 0 Å². The number of Topliss-reactive ketones (excluding diaryl/α,β-unsaturated/α-hetero) is 1. The fourth-order valence-electron chi connectivity index (χ4n) is 2.96. The van der Waals surface area contributed by atoms with Crippen molar-refractivity contribution in [2.45, 2.75) is 86.1 Å². The van der Waals surface area contributed by atoms with E-state index in [-0.39, 0.29) is 18.1 Å². The van der Waals surface area contributed by atoms with Crippen LogP contribution in [-0.2, 0) is 14.4 Å². The van der Waals surface area contributed by atoms with E-state index >= 15 is 0 Å². The number of amides is 1. The Kier molecular flexibility index (Phi) is 15.8. The molecular formula is C25H41NO4S. The maximum atomic E-state index is 12.3. The molecule has 0 spiro atoms. The van der Waals surface area contributed by atoms with Crippen molar-refractivity contribution < 1.29 is 19.5 Å². The van der Waals surface area contributed by atoms with Gasteiger partial charge in [0.25, 0.3) is 0 Å². The van der Waals surface area contributed by atoms with Crippen molar-refractivity contribution in [1.29, 1.82) is 0 Å². The highest BCUT2D eigenvalue weighted by atomic mass is 32.2. The summed E-state index contributed by atoms with van der Waals surface area (Å²) >= 11 is 1.49. The van der Waals surface area contributed by atoms with Crippen LogP contribution >= 0.6 is 11.8 Å². The Labute approximate surface area is 192 Å². The number of thioether (sulfide) groups is 1. The molecule has 0 radical (unpaired) electrons. The molecule has 5 nitrogen and oxygen atoms in total. The van der Waals surface area contributed by atoms with E-state index < -0.39 is 17.9 Å². The SMILES string of the molecule is CCC(CC(C)=O)C(=O)N[C@@H](CSC/C=C(\C)CC/C=C(\C)CCC=C(C)C)C(=O)O. The fourth-order valence-corrected chi connectivity index (χ4v) is 3.96. The van der Waals surface area contributed by atoms with Gasteiger partial charge in [0.15, 0.2) is 0 Å². The Bertz CT molecular complexity index is 675. The molecule has 0 saturated carbocycles. The molecule has 31 heavy (non-hydrogen) atoms. The highest BCUT2D eigenvalue weighted by Gasteiger charge is 2.25. The molecule has 0 heterocycles. The smallest absolute Gasteiger partial charge is 0.327 e. The zero-order valence-corrected chi connectivity index (χ0v) is 20.9. The molecule has 2 N–H and O–H groups in total. The number of rotatable bonds is 16. The van der Waals surface area contributed by atoms with Crippen LogP contribution in [0.5, 0.6) is 0 Å². The normalized spacial score (nSPS) is 14.0. The van der Waals surface area contributed by atoms with Crippen molar-refractivity contribution in [2.24, 2.45) is 5.92 Å². The zero-order valence-electron chi connectivity index (χ0n) is 20.1. The van der Waals surface area contributed by atoms with Crippen molar-refractivity contribution in [1.82, 2.24) is 5.32 Å². The van der Waals surface area contributed by atoms with E-state index in [1.165, 1.54) is 35.4 Å². The third-order valence-corrected chi connectivity index (χ3v) is 5.94. The molecule has 0 aromatic carbocycles. The van der Waals surface area contributed by atoms with Crippen molar-refractivity contribution >= 4 is 29.4 Å². The molecular weight excluding hydrogens is 410 g/mol. The molecule has 0 bridgehead atoms. The minimum atomic E-state index is -1.05. The van der Waals surface area contributed by atoms with Crippen LogP contribution in [0.15, 0.2) is 34.9 Å². The summed E-state index contributed by atoms with van der Waals surface area (Å²) in [6, 6.07) is -0.946. The van der Waals surface area contributed by atoms with E-state index in [1.807, 2.05) is 6.92 Å². The lowest BCUT2D eigenvalue weighted by atomic mass is 9.99. The standard InChI is InChI=1S/C25H41NO4S/c1-7-22(16-21(6)27)24(28)26-23(25(29)30)17-31-15-14-20(5)13-9-12-19(4)11-8-10-18(2)3/h10,12,14,22-23H,7-9,11,13,15-17H2,1-6H3,(H,26,28)(H,29,30)/b19-12+,20-14+/t22?,23-/m0/s1. The van der Waals surface area contributed by atoms with Crippen LogP contribution in [0.1, 0.15) is 80.1 Å². The predicted octanol–water partition coefficient (Wildman–Crippen LogP) is 5.71. The summed E-state index contributed by atoms with van der Waals surface area (Å²) in [5.74, 6) is -0.937. The van der Waals surface area contributed by atoms with E-state index in [1.54, 1.807) is 0 Å². The molecule has 0 aliphatic rings. The van der Waals surface area contributed by atoms with Crippen LogP contribution in [-0.4, -0.2) is 40.3 Å². The lowest BCUT2D eigenvalue weighted by Gasteiger charge is -2.18. The second-order valence-corrected chi connectivity index (χ2v) is 9.48. The summed E-state index contributed by atoms with van der Waals surface area (Å²) in [7, 11) is 0. The average Bonchev–Trinajstić information content (AvgIpc) is 2.67. The minimum absolute atomic E-state index is 0.0678. The Hall–Kier alpha value is -1.82. The molecule has 0 aliphatic heterocycles. The second kappa shape index (κ2) is 16.8. The first-order chi connectivity index (χ1) is 14.6. The maximum Gasteiger partial charge on any atom is 0.327 e. The topological polar surface area (TPSA) is 83.5 Å². The molecule has 1 unspecified atom stereocenters. The molecule has 6 heteroatoms. The Morgan fingerprint density at radius 1 is 0.935 bits per heavy atom. The van der Waals surface area contributed by atoms with Crippen LogP contribution < -0.4 is 5.32 Å². The van der Waals surface area contributed by atoms with E-state index in [0.29, 0.717) is 17.9 Å². The lowest BCUT2D eigenvalue weighted by molar-refractivity contribution is -0.141. The molecule has 0 rings (SSSR count). The molecule has 0 fully saturated rings. The number of ketones is 1. The maximum absolute atomic E-state index is 12.3. The van der Waals surface area contributed by atoms with Gasteiger partial charge < -0.3 is 15.2 Å². The molecule has 0 aromatic rings. The first-order valence-electron chi connectivity index (χ1n) is 11.1. The average molecular weight is 452 g/mol. The highest BCUT2D eigenvalue weighted by Crippen LogP contribution is 2.14. The zero-order chi connectivity index (χ0) is 23.8. The number of carboxylic acid groups (broad SMARTS) is 1. The summed E-state index contributed by atoms with van der Waals surface area (Å²) in [4.78, 5) is 35.1. The van der Waals surface area contributed by atoms with Gasteiger partial charge in [-0.3, -0.25) is 4.79 Å². The molecule has 2 atom stereocenters. The fraction of sp³-hybridized carbons (Fsp3) is 0.640. The van der Waals surface area contributed by atoms with E-state index in [0.717, 1.165) is 25.7 Å². The van der Waals surface area contributed by atoms with Crippen LogP contribution in [0.4, 0.5) is 0 Å². The highest BCUT2D eigenvalue weighted by molar-refractivity contribution is 7.99. The van der Waals surface area contributed by atoms with Crippen molar-refractivity contribution in [3.63, 3.8) is 0 Å². The van der Waals surface area contributed by atoms with Gasteiger partial charge in [-0.25, -0.2) is 4.79 Å². The van der Waals surface area contributed by atoms with Crippen LogP contribution in [0, 0.1) is 5.92 Å². The molecule has 0 aliphatic carbocycles. The number of carbonyl (C=O) groups excluding carboxylic acids is 2. The van der Waals surface area contributed by atoms with Crippen molar-refractivity contribution in [3.8, 4) is 0 Å². The molecule has 0 saturated heterocycles. The summed E-state index contributed by atoms with van der Waals surface area (Å²) in [6.45, 7) is 11.8. The first kappa shape index (κ1) is 29.2. The summed E-state index contributed by atoms with van der Waals surface area (Å²) in [5.41, 5.74) is 4.05. The van der Waals surface area contributed by atoms with Gasteiger partial charge >= 0.3 is 5.97 Å². The Morgan fingerprint density at radius 2 is 1.52 bits per heavy atom. The first-order valence-corrected chi connectivity index (χ1v) is 12.3. The molecule has 0 aromatic heterocycles. The van der Waals surface area contributed by atoms with Gasteiger partial charge in [0.1, 0.15) is 11.8 Å². The van der Waals surface area contributed by atoms with Gasteiger partial charge in [0.05, 0.1) is 0 Å².